The zero-order valence-electron chi connectivity index (χ0n) is 10.5. The van der Waals surface area contributed by atoms with Crippen LogP contribution in [0.2, 0.25) is 0 Å². The van der Waals surface area contributed by atoms with E-state index in [1.807, 2.05) is 22.7 Å². The number of fused-ring (bicyclic) bond motifs is 3. The van der Waals surface area contributed by atoms with E-state index in [0.29, 0.717) is 6.42 Å². The molecule has 0 amide bonds. The summed E-state index contributed by atoms with van der Waals surface area (Å²) in [4.78, 5) is 16.3. The van der Waals surface area contributed by atoms with Gasteiger partial charge in [0, 0.05) is 22.5 Å². The van der Waals surface area contributed by atoms with E-state index in [0.717, 1.165) is 22.3 Å². The normalized spacial score (nSPS) is 11.2. The number of benzene rings is 1. The van der Waals surface area contributed by atoms with Crippen molar-refractivity contribution in [3.8, 4) is 0 Å². The highest BCUT2D eigenvalue weighted by Gasteiger charge is 2.03. The number of nitrogens with zero attached hydrogens (tertiary/aromatic N) is 3. The number of carbonyl (C=O) groups excluding carboxylic acids is 1. The number of hydrogen-bond donors (Lipinski definition) is 0. The first-order chi connectivity index (χ1) is 9.24. The van der Waals surface area contributed by atoms with Gasteiger partial charge in [-0.25, -0.2) is 9.50 Å². The Morgan fingerprint density at radius 1 is 1.32 bits per heavy atom. The average Bonchev–Trinajstić information content (AvgIpc) is 2.86. The minimum Gasteiger partial charge on any atom is -0.300 e. The standard InChI is InChI=1S/C14H13N3OS/c1-10(18)6-7-19-12-3-4-13-11(8-12)2-5-14-15-9-16-17(13)14/h2-5,8-9H,6-7H2,1H3. The molecule has 19 heavy (non-hydrogen) atoms. The van der Waals surface area contributed by atoms with Crippen LogP contribution in [-0.2, 0) is 4.79 Å². The lowest BCUT2D eigenvalue weighted by atomic mass is 10.2. The summed E-state index contributed by atoms with van der Waals surface area (Å²) in [6.45, 7) is 1.63. The zero-order valence-corrected chi connectivity index (χ0v) is 11.4. The fourth-order valence-corrected chi connectivity index (χ4v) is 2.98. The molecule has 0 aliphatic carbocycles. The van der Waals surface area contributed by atoms with E-state index in [1.165, 1.54) is 4.90 Å². The van der Waals surface area contributed by atoms with Crippen molar-refractivity contribution in [3.05, 3.63) is 36.7 Å². The molecule has 2 aromatic heterocycles. The Morgan fingerprint density at radius 2 is 2.21 bits per heavy atom. The Bertz CT molecular complexity index is 751. The monoisotopic (exact) mass is 271 g/mol. The van der Waals surface area contributed by atoms with Crippen molar-refractivity contribution in [1.82, 2.24) is 14.6 Å². The third-order valence-electron chi connectivity index (χ3n) is 2.94. The molecule has 2 heterocycles. The van der Waals surface area contributed by atoms with Crippen LogP contribution in [0.1, 0.15) is 13.3 Å². The molecular formula is C14H13N3OS. The predicted octanol–water partition coefficient (Wildman–Crippen LogP) is 2.95. The Balaban J connectivity index is 1.92. The number of aromatic nitrogens is 3. The molecule has 5 heteroatoms. The molecule has 4 nitrogen and oxygen atoms in total. The van der Waals surface area contributed by atoms with Gasteiger partial charge in [0.1, 0.15) is 12.1 Å². The summed E-state index contributed by atoms with van der Waals surface area (Å²) < 4.78 is 1.83. The summed E-state index contributed by atoms with van der Waals surface area (Å²) in [5, 5.41) is 5.35. The maximum Gasteiger partial charge on any atom is 0.155 e. The highest BCUT2D eigenvalue weighted by molar-refractivity contribution is 7.99. The van der Waals surface area contributed by atoms with Gasteiger partial charge in [0.2, 0.25) is 0 Å². The van der Waals surface area contributed by atoms with Crippen LogP contribution in [0.3, 0.4) is 0 Å². The van der Waals surface area contributed by atoms with E-state index in [9.17, 15) is 4.79 Å². The number of hydrogen-bond acceptors (Lipinski definition) is 4. The van der Waals surface area contributed by atoms with Crippen LogP contribution in [0.5, 0.6) is 0 Å². The second kappa shape index (κ2) is 5.01. The summed E-state index contributed by atoms with van der Waals surface area (Å²) in [5.41, 5.74) is 1.90. The van der Waals surface area contributed by atoms with Crippen molar-refractivity contribution in [3.63, 3.8) is 0 Å². The third kappa shape index (κ3) is 2.46. The lowest BCUT2D eigenvalue weighted by molar-refractivity contribution is -0.116. The number of thioether (sulfide) groups is 1. The quantitative estimate of drug-likeness (QED) is 0.684. The van der Waals surface area contributed by atoms with Crippen molar-refractivity contribution >= 4 is 34.1 Å². The molecule has 3 aromatic rings. The Morgan fingerprint density at radius 3 is 3.05 bits per heavy atom. The van der Waals surface area contributed by atoms with Gasteiger partial charge in [-0.2, -0.15) is 5.10 Å². The molecular weight excluding hydrogens is 258 g/mol. The van der Waals surface area contributed by atoms with Gasteiger partial charge in [0.05, 0.1) is 5.52 Å². The molecule has 0 fully saturated rings. The first-order valence-corrected chi connectivity index (χ1v) is 7.07. The summed E-state index contributed by atoms with van der Waals surface area (Å²) >= 11 is 1.70. The zero-order chi connectivity index (χ0) is 13.2. The van der Waals surface area contributed by atoms with Gasteiger partial charge in [-0.15, -0.1) is 11.8 Å². The number of rotatable bonds is 4. The van der Waals surface area contributed by atoms with E-state index >= 15 is 0 Å². The summed E-state index contributed by atoms with van der Waals surface area (Å²) in [6, 6.07) is 10.2. The van der Waals surface area contributed by atoms with Crippen LogP contribution in [0, 0.1) is 0 Å². The van der Waals surface area contributed by atoms with Crippen molar-refractivity contribution < 1.29 is 4.79 Å². The highest BCUT2D eigenvalue weighted by atomic mass is 32.2. The molecule has 0 aliphatic rings. The first kappa shape index (κ1) is 12.2. The minimum atomic E-state index is 0.234. The van der Waals surface area contributed by atoms with Crippen molar-refractivity contribution in [2.24, 2.45) is 0 Å². The topological polar surface area (TPSA) is 47.3 Å². The fraction of sp³-hybridized carbons (Fsp3) is 0.214. The average molecular weight is 271 g/mol. The summed E-state index contributed by atoms with van der Waals surface area (Å²) in [5.74, 6) is 1.06. The molecule has 1 aromatic carbocycles. The molecule has 0 saturated carbocycles. The van der Waals surface area contributed by atoms with Crippen LogP contribution < -0.4 is 0 Å². The lowest BCUT2D eigenvalue weighted by Gasteiger charge is -2.04. The van der Waals surface area contributed by atoms with E-state index in [4.69, 9.17) is 0 Å². The summed E-state index contributed by atoms with van der Waals surface area (Å²) in [6.07, 6.45) is 2.18. The van der Waals surface area contributed by atoms with Crippen LogP contribution in [0.4, 0.5) is 0 Å². The van der Waals surface area contributed by atoms with Crippen molar-refractivity contribution in [2.45, 2.75) is 18.2 Å². The third-order valence-corrected chi connectivity index (χ3v) is 3.93. The molecule has 96 valence electrons. The van der Waals surface area contributed by atoms with Crippen LogP contribution in [-0.4, -0.2) is 26.1 Å². The van der Waals surface area contributed by atoms with Crippen LogP contribution in [0.15, 0.2) is 41.6 Å². The highest BCUT2D eigenvalue weighted by Crippen LogP contribution is 2.24. The molecule has 0 radical (unpaired) electrons. The van der Waals surface area contributed by atoms with Crippen molar-refractivity contribution in [2.75, 3.05) is 5.75 Å². The second-order valence-electron chi connectivity index (χ2n) is 4.38. The SMILES string of the molecule is CC(=O)CCSc1ccc2c(ccc3ncnn32)c1. The molecule has 0 atom stereocenters. The number of carbonyl (C=O) groups is 1. The molecule has 0 saturated heterocycles. The van der Waals surface area contributed by atoms with Gasteiger partial charge in [0.25, 0.3) is 0 Å². The van der Waals surface area contributed by atoms with Gasteiger partial charge >= 0.3 is 0 Å². The lowest BCUT2D eigenvalue weighted by Crippen LogP contribution is -1.92. The summed E-state index contributed by atoms with van der Waals surface area (Å²) in [7, 11) is 0. The molecule has 0 spiro atoms. The van der Waals surface area contributed by atoms with Crippen LogP contribution in [0.25, 0.3) is 16.6 Å². The number of Topliss-reactive ketones (excluding diaryl/α,β-unsaturated/α-hetero) is 1. The van der Waals surface area contributed by atoms with E-state index in [2.05, 4.69) is 22.2 Å². The van der Waals surface area contributed by atoms with E-state index < -0.39 is 0 Å². The van der Waals surface area contributed by atoms with Gasteiger partial charge in [-0.1, -0.05) is 0 Å². The van der Waals surface area contributed by atoms with Gasteiger partial charge in [0.15, 0.2) is 5.65 Å². The van der Waals surface area contributed by atoms with Gasteiger partial charge in [-0.05, 0) is 37.3 Å². The van der Waals surface area contributed by atoms with Crippen LogP contribution >= 0.6 is 11.8 Å². The molecule has 0 N–H and O–H groups in total. The second-order valence-corrected chi connectivity index (χ2v) is 5.55. The predicted molar refractivity (Wildman–Crippen MR) is 76.5 cm³/mol. The largest absolute Gasteiger partial charge is 0.300 e. The minimum absolute atomic E-state index is 0.234. The smallest absolute Gasteiger partial charge is 0.155 e. The number of pyridine rings is 1. The van der Waals surface area contributed by atoms with Crippen molar-refractivity contribution in [1.29, 1.82) is 0 Å². The first-order valence-electron chi connectivity index (χ1n) is 6.09. The Labute approximate surface area is 114 Å². The van der Waals surface area contributed by atoms with Gasteiger partial charge < -0.3 is 0 Å². The molecule has 3 rings (SSSR count). The van der Waals surface area contributed by atoms with E-state index in [-0.39, 0.29) is 5.78 Å². The molecule has 0 aliphatic heterocycles. The Kier molecular flexibility index (Phi) is 3.21. The number of ketones is 1. The Hall–Kier alpha value is -1.88. The van der Waals surface area contributed by atoms with Gasteiger partial charge in [-0.3, -0.25) is 4.79 Å². The maximum absolute atomic E-state index is 10.9. The van der Waals surface area contributed by atoms with E-state index in [1.54, 1.807) is 25.0 Å². The fourth-order valence-electron chi connectivity index (χ4n) is 1.98. The maximum atomic E-state index is 10.9. The molecule has 0 unspecified atom stereocenters. The molecule has 0 bridgehead atoms.